The van der Waals surface area contributed by atoms with E-state index in [1.165, 1.54) is 11.3 Å². The lowest BCUT2D eigenvalue weighted by molar-refractivity contribution is -0.125. The fourth-order valence-corrected chi connectivity index (χ4v) is 2.18. The number of carbonyl (C=O) groups excluding carboxylic acids is 2. The molecule has 1 aliphatic carbocycles. The molecule has 2 N–H and O–H groups in total. The van der Waals surface area contributed by atoms with Crippen molar-refractivity contribution in [2.45, 2.75) is 26.7 Å². The molecule has 0 spiro atoms. The van der Waals surface area contributed by atoms with Gasteiger partial charge in [-0.3, -0.25) is 9.59 Å². The van der Waals surface area contributed by atoms with Gasteiger partial charge in [0.1, 0.15) is 0 Å². The Morgan fingerprint density at radius 2 is 2.12 bits per heavy atom. The second-order valence-electron chi connectivity index (χ2n) is 4.20. The summed E-state index contributed by atoms with van der Waals surface area (Å²) in [6.07, 6.45) is 1.89. The second kappa shape index (κ2) is 4.83. The maximum atomic E-state index is 11.5. The summed E-state index contributed by atoms with van der Waals surface area (Å²) in [6, 6.07) is 0. The Labute approximate surface area is 104 Å². The van der Waals surface area contributed by atoms with Crippen LogP contribution in [0.25, 0.3) is 0 Å². The fourth-order valence-electron chi connectivity index (χ4n) is 1.35. The molecule has 5 nitrogen and oxygen atoms in total. The molecule has 0 aromatic carbocycles. The van der Waals surface area contributed by atoms with Gasteiger partial charge >= 0.3 is 0 Å². The number of anilines is 1. The lowest BCUT2D eigenvalue weighted by Crippen LogP contribution is -2.33. The van der Waals surface area contributed by atoms with E-state index < -0.39 is 0 Å². The number of carbonyl (C=O) groups is 2. The van der Waals surface area contributed by atoms with Crippen molar-refractivity contribution in [1.82, 2.24) is 10.3 Å². The summed E-state index contributed by atoms with van der Waals surface area (Å²) in [4.78, 5) is 28.1. The molecule has 1 heterocycles. The van der Waals surface area contributed by atoms with Gasteiger partial charge in [0.2, 0.25) is 11.8 Å². The van der Waals surface area contributed by atoms with Crippen molar-refractivity contribution in [3.05, 3.63) is 10.6 Å². The molecule has 1 aromatic heterocycles. The van der Waals surface area contributed by atoms with Crippen LogP contribution in [0.1, 0.15) is 23.4 Å². The molecular weight excluding hydrogens is 238 g/mol. The molecule has 2 rings (SSSR count). The van der Waals surface area contributed by atoms with Crippen molar-refractivity contribution in [1.29, 1.82) is 0 Å². The van der Waals surface area contributed by atoms with Crippen molar-refractivity contribution in [3.8, 4) is 0 Å². The third kappa shape index (κ3) is 3.26. The molecule has 0 aliphatic heterocycles. The smallest absolute Gasteiger partial charge is 0.245 e. The van der Waals surface area contributed by atoms with Gasteiger partial charge in [0, 0.05) is 10.8 Å². The lowest BCUT2D eigenvalue weighted by atomic mass is 10.4. The zero-order valence-electron chi connectivity index (χ0n) is 9.87. The van der Waals surface area contributed by atoms with E-state index in [1.807, 2.05) is 13.8 Å². The van der Waals surface area contributed by atoms with Gasteiger partial charge in [-0.25, -0.2) is 4.98 Å². The van der Waals surface area contributed by atoms with E-state index in [0.717, 1.165) is 23.4 Å². The number of aromatic nitrogens is 1. The Morgan fingerprint density at radius 1 is 1.41 bits per heavy atom. The highest BCUT2D eigenvalue weighted by Gasteiger charge is 2.29. The molecule has 6 heteroatoms. The minimum atomic E-state index is -0.229. The summed E-state index contributed by atoms with van der Waals surface area (Å²) in [7, 11) is 0. The summed E-state index contributed by atoms with van der Waals surface area (Å²) >= 11 is 1.44. The first-order valence-electron chi connectivity index (χ1n) is 5.58. The quantitative estimate of drug-likeness (QED) is 0.847. The molecule has 2 amide bonds. The Balaban J connectivity index is 1.78. The Morgan fingerprint density at radius 3 is 2.65 bits per heavy atom. The van der Waals surface area contributed by atoms with Crippen LogP contribution in [0.5, 0.6) is 0 Å². The molecule has 0 unspecified atom stereocenters. The largest absolute Gasteiger partial charge is 0.347 e. The van der Waals surface area contributed by atoms with Gasteiger partial charge in [-0.2, -0.15) is 0 Å². The van der Waals surface area contributed by atoms with Crippen molar-refractivity contribution in [2.24, 2.45) is 5.92 Å². The Bertz CT molecular complexity index is 432. The number of amides is 2. The average Bonchev–Trinajstić information content (AvgIpc) is 3.05. The van der Waals surface area contributed by atoms with Gasteiger partial charge in [0.15, 0.2) is 5.13 Å². The SMILES string of the molecule is Cc1nc(NC(=O)CNC(=O)C2CC2)sc1C. The van der Waals surface area contributed by atoms with Crippen molar-refractivity contribution in [3.63, 3.8) is 0 Å². The van der Waals surface area contributed by atoms with Gasteiger partial charge in [-0.05, 0) is 26.7 Å². The van der Waals surface area contributed by atoms with Crippen LogP contribution < -0.4 is 10.6 Å². The first-order valence-corrected chi connectivity index (χ1v) is 6.39. The molecule has 1 aliphatic rings. The highest BCUT2D eigenvalue weighted by atomic mass is 32.1. The predicted molar refractivity (Wildman–Crippen MR) is 66.0 cm³/mol. The summed E-state index contributed by atoms with van der Waals surface area (Å²) in [5.74, 6) is -0.119. The maximum absolute atomic E-state index is 11.5. The van der Waals surface area contributed by atoms with Gasteiger partial charge in [-0.15, -0.1) is 11.3 Å². The van der Waals surface area contributed by atoms with Crippen LogP contribution in [-0.4, -0.2) is 23.3 Å². The first kappa shape index (κ1) is 12.0. The zero-order chi connectivity index (χ0) is 12.4. The standard InChI is InChI=1S/C11H15N3O2S/c1-6-7(2)17-11(13-6)14-9(15)5-12-10(16)8-3-4-8/h8H,3-5H2,1-2H3,(H,12,16)(H,13,14,15). The number of thiazole rings is 1. The topological polar surface area (TPSA) is 71.1 Å². The zero-order valence-corrected chi connectivity index (χ0v) is 10.7. The molecule has 0 saturated heterocycles. The number of aryl methyl sites for hydroxylation is 2. The number of hydrogen-bond donors (Lipinski definition) is 2. The highest BCUT2D eigenvalue weighted by Crippen LogP contribution is 2.28. The van der Waals surface area contributed by atoms with Crippen LogP contribution in [0.3, 0.4) is 0 Å². The van der Waals surface area contributed by atoms with Gasteiger partial charge in [-0.1, -0.05) is 0 Å². The average molecular weight is 253 g/mol. The van der Waals surface area contributed by atoms with E-state index in [0.29, 0.717) is 5.13 Å². The molecule has 0 bridgehead atoms. The third-order valence-electron chi connectivity index (χ3n) is 2.65. The minimum Gasteiger partial charge on any atom is -0.347 e. The highest BCUT2D eigenvalue weighted by molar-refractivity contribution is 7.15. The molecule has 0 radical (unpaired) electrons. The van der Waals surface area contributed by atoms with Crippen LogP contribution >= 0.6 is 11.3 Å². The maximum Gasteiger partial charge on any atom is 0.245 e. The van der Waals surface area contributed by atoms with E-state index in [-0.39, 0.29) is 24.3 Å². The molecular formula is C11H15N3O2S. The lowest BCUT2D eigenvalue weighted by Gasteiger charge is -2.03. The fraction of sp³-hybridized carbons (Fsp3) is 0.545. The molecule has 1 saturated carbocycles. The van der Waals surface area contributed by atoms with Crippen LogP contribution in [0.2, 0.25) is 0 Å². The number of nitrogens with one attached hydrogen (secondary N) is 2. The van der Waals surface area contributed by atoms with Crippen LogP contribution in [0.15, 0.2) is 0 Å². The summed E-state index contributed by atoms with van der Waals surface area (Å²) in [5.41, 5.74) is 0.923. The van der Waals surface area contributed by atoms with Gasteiger partial charge < -0.3 is 10.6 Å². The molecule has 1 aromatic rings. The van der Waals surface area contributed by atoms with Crippen LogP contribution in [-0.2, 0) is 9.59 Å². The number of rotatable bonds is 4. The normalized spacial score (nSPS) is 14.5. The van der Waals surface area contributed by atoms with E-state index >= 15 is 0 Å². The molecule has 17 heavy (non-hydrogen) atoms. The first-order chi connectivity index (χ1) is 8.06. The van der Waals surface area contributed by atoms with E-state index in [2.05, 4.69) is 15.6 Å². The van der Waals surface area contributed by atoms with E-state index in [1.54, 1.807) is 0 Å². The number of hydrogen-bond acceptors (Lipinski definition) is 4. The van der Waals surface area contributed by atoms with Crippen LogP contribution in [0, 0.1) is 19.8 Å². The van der Waals surface area contributed by atoms with Crippen molar-refractivity contribution in [2.75, 3.05) is 11.9 Å². The van der Waals surface area contributed by atoms with Crippen molar-refractivity contribution >= 4 is 28.3 Å². The second-order valence-corrected chi connectivity index (χ2v) is 5.40. The van der Waals surface area contributed by atoms with Gasteiger partial charge in [0.05, 0.1) is 12.2 Å². The van der Waals surface area contributed by atoms with Gasteiger partial charge in [0.25, 0.3) is 0 Å². The Kier molecular flexibility index (Phi) is 3.42. The molecule has 1 fully saturated rings. The summed E-state index contributed by atoms with van der Waals surface area (Å²) < 4.78 is 0. The minimum absolute atomic E-state index is 0.0208. The van der Waals surface area contributed by atoms with E-state index in [9.17, 15) is 9.59 Å². The molecule has 0 atom stereocenters. The predicted octanol–water partition coefficient (Wildman–Crippen LogP) is 1.22. The molecule has 92 valence electrons. The number of nitrogens with zero attached hydrogens (tertiary/aromatic N) is 1. The van der Waals surface area contributed by atoms with E-state index in [4.69, 9.17) is 0 Å². The third-order valence-corrected chi connectivity index (χ3v) is 3.63. The van der Waals surface area contributed by atoms with Crippen molar-refractivity contribution < 1.29 is 9.59 Å². The Hall–Kier alpha value is -1.43. The summed E-state index contributed by atoms with van der Waals surface area (Å²) in [5, 5.41) is 5.87. The monoisotopic (exact) mass is 253 g/mol. The summed E-state index contributed by atoms with van der Waals surface area (Å²) in [6.45, 7) is 3.88. The van der Waals surface area contributed by atoms with Crippen LogP contribution in [0.4, 0.5) is 5.13 Å².